The molecule has 2 aromatic rings. The Balaban J connectivity index is 0.00000274. The summed E-state index contributed by atoms with van der Waals surface area (Å²) in [5.41, 5.74) is 7.37. The van der Waals surface area contributed by atoms with Gasteiger partial charge in [0.05, 0.1) is 18.8 Å². The van der Waals surface area contributed by atoms with Crippen LogP contribution in [0.25, 0.3) is 11.1 Å². The van der Waals surface area contributed by atoms with E-state index in [1.165, 1.54) is 33.4 Å². The van der Waals surface area contributed by atoms with Crippen molar-refractivity contribution in [3.8, 4) is 0 Å². The Morgan fingerprint density at radius 2 is 1.82 bits per heavy atom. The molecule has 0 saturated carbocycles. The molecule has 34 heavy (non-hydrogen) atoms. The molecule has 1 aliphatic heterocycles. The summed E-state index contributed by atoms with van der Waals surface area (Å²) >= 11 is 0. The zero-order chi connectivity index (χ0) is 22.7. The molecular weight excluding hydrogens is 417 g/mol. The van der Waals surface area contributed by atoms with E-state index in [9.17, 15) is 0 Å². The molecule has 3 aliphatic rings. The molecule has 3 nitrogen and oxygen atoms in total. The van der Waals surface area contributed by atoms with Gasteiger partial charge < -0.3 is 9.39 Å². The van der Waals surface area contributed by atoms with Gasteiger partial charge in [0.1, 0.15) is 0 Å². The summed E-state index contributed by atoms with van der Waals surface area (Å²) in [5.74, 6) is 0.194. The molecule has 2 aliphatic carbocycles. The van der Waals surface area contributed by atoms with Crippen molar-refractivity contribution in [3.63, 3.8) is 0 Å². The fourth-order valence-corrected chi connectivity index (χ4v) is 5.52. The van der Waals surface area contributed by atoms with E-state index in [1.807, 2.05) is 0 Å². The molecule has 4 heteroatoms. The van der Waals surface area contributed by atoms with Crippen LogP contribution in [0.2, 0.25) is 0 Å². The maximum absolute atomic E-state index is 5.84. The van der Waals surface area contributed by atoms with E-state index in [-0.39, 0.29) is 13.3 Å². The molecule has 5 rings (SSSR count). The summed E-state index contributed by atoms with van der Waals surface area (Å²) < 4.78 is 11.1. The van der Waals surface area contributed by atoms with Gasteiger partial charge in [-0.1, -0.05) is 93.6 Å². The Bertz CT molecular complexity index is 1080. The van der Waals surface area contributed by atoms with Crippen LogP contribution in [0.3, 0.4) is 0 Å². The molecule has 176 valence electrons. The third-order valence-electron chi connectivity index (χ3n) is 7.25. The van der Waals surface area contributed by atoms with Gasteiger partial charge in [0.2, 0.25) is 0 Å². The maximum Gasteiger partial charge on any atom is 0.284 e. The lowest BCUT2D eigenvalue weighted by atomic mass is 9.76. The maximum atomic E-state index is 5.84. The molecule has 0 amide bonds. The fourth-order valence-electron chi connectivity index (χ4n) is 5.52. The highest BCUT2D eigenvalue weighted by Crippen LogP contribution is 2.44. The Morgan fingerprint density at radius 3 is 2.59 bits per heavy atom. The van der Waals surface area contributed by atoms with Crippen LogP contribution < -0.4 is 0 Å². The highest BCUT2D eigenvalue weighted by Gasteiger charge is 2.34. The Labute approximate surface area is 206 Å². The summed E-state index contributed by atoms with van der Waals surface area (Å²) in [6.07, 6.45) is 12.2. The van der Waals surface area contributed by atoms with E-state index in [0.29, 0.717) is 0 Å². The van der Waals surface area contributed by atoms with E-state index in [1.54, 1.807) is 0 Å². The van der Waals surface area contributed by atoms with Crippen LogP contribution in [0.5, 0.6) is 0 Å². The van der Waals surface area contributed by atoms with Crippen molar-refractivity contribution in [2.45, 2.75) is 45.1 Å². The SMILES string of the molecule is C.[B]OC1(CCC)C=CC(/C=C2\C=C(CCN3CCOCC3)c3ccccc32)c2ccccc21. The molecule has 2 unspecified atom stereocenters. The van der Waals surface area contributed by atoms with Crippen molar-refractivity contribution in [3.05, 3.63) is 95.1 Å². The second-order valence-corrected chi connectivity index (χ2v) is 9.27. The number of fused-ring (bicyclic) bond motifs is 2. The average Bonchev–Trinajstić information content (AvgIpc) is 3.22. The van der Waals surface area contributed by atoms with Crippen LogP contribution >= 0.6 is 0 Å². The van der Waals surface area contributed by atoms with Crippen LogP contribution in [0.15, 0.2) is 72.8 Å². The summed E-state index contributed by atoms with van der Waals surface area (Å²) in [5, 5.41) is 0. The molecule has 1 saturated heterocycles. The summed E-state index contributed by atoms with van der Waals surface area (Å²) in [7, 11) is 5.84. The minimum atomic E-state index is -0.535. The van der Waals surface area contributed by atoms with Gasteiger partial charge in [0.15, 0.2) is 0 Å². The quantitative estimate of drug-likeness (QED) is 0.364. The number of hydrogen-bond acceptors (Lipinski definition) is 3. The number of hydrogen-bond donors (Lipinski definition) is 0. The topological polar surface area (TPSA) is 21.7 Å². The van der Waals surface area contributed by atoms with Gasteiger partial charge in [-0.3, -0.25) is 4.90 Å². The first-order valence-electron chi connectivity index (χ1n) is 12.2. The van der Waals surface area contributed by atoms with Gasteiger partial charge in [-0.15, -0.1) is 0 Å². The van der Waals surface area contributed by atoms with Crippen LogP contribution in [-0.2, 0) is 15.0 Å². The highest BCUT2D eigenvalue weighted by atomic mass is 16.5. The fraction of sp³-hybridized carbons (Fsp3) is 0.400. The largest absolute Gasteiger partial charge is 0.436 e. The van der Waals surface area contributed by atoms with Gasteiger partial charge in [-0.05, 0) is 46.2 Å². The Hall–Kier alpha value is -2.40. The van der Waals surface area contributed by atoms with Crippen molar-refractivity contribution in [2.75, 3.05) is 32.8 Å². The van der Waals surface area contributed by atoms with Crippen LogP contribution in [0.1, 0.15) is 61.8 Å². The molecule has 1 fully saturated rings. The second-order valence-electron chi connectivity index (χ2n) is 9.27. The van der Waals surface area contributed by atoms with E-state index < -0.39 is 5.60 Å². The summed E-state index contributed by atoms with van der Waals surface area (Å²) in [4.78, 5) is 2.51. The third-order valence-corrected chi connectivity index (χ3v) is 7.25. The van der Waals surface area contributed by atoms with Gasteiger partial charge in [-0.2, -0.15) is 0 Å². The second kappa shape index (κ2) is 10.9. The van der Waals surface area contributed by atoms with Gasteiger partial charge >= 0.3 is 0 Å². The molecule has 2 aromatic carbocycles. The number of allylic oxidation sites excluding steroid dienone is 4. The number of benzene rings is 2. The number of ether oxygens (including phenoxy) is 1. The highest BCUT2D eigenvalue weighted by molar-refractivity contribution is 5.98. The Kier molecular flexibility index (Phi) is 7.93. The van der Waals surface area contributed by atoms with Crippen molar-refractivity contribution in [1.82, 2.24) is 4.90 Å². The summed E-state index contributed by atoms with van der Waals surface area (Å²) in [6, 6.07) is 17.4. The predicted molar refractivity (Wildman–Crippen MR) is 143 cm³/mol. The van der Waals surface area contributed by atoms with Gasteiger partial charge in [-0.25, -0.2) is 0 Å². The van der Waals surface area contributed by atoms with Crippen LogP contribution in [-0.4, -0.2) is 45.8 Å². The third kappa shape index (κ3) is 4.72. The molecule has 0 bridgehead atoms. The lowest BCUT2D eigenvalue weighted by molar-refractivity contribution is 0.0390. The lowest BCUT2D eigenvalue weighted by Gasteiger charge is -2.37. The van der Waals surface area contributed by atoms with Crippen molar-refractivity contribution < 1.29 is 9.39 Å². The minimum absolute atomic E-state index is 0. The first kappa shape index (κ1) is 24.7. The normalized spacial score (nSPS) is 24.9. The zero-order valence-corrected chi connectivity index (χ0v) is 19.5. The molecular formula is C30H36BNO2. The van der Waals surface area contributed by atoms with E-state index in [0.717, 1.165) is 52.1 Å². The smallest absolute Gasteiger partial charge is 0.284 e. The van der Waals surface area contributed by atoms with Crippen LogP contribution in [0.4, 0.5) is 0 Å². The van der Waals surface area contributed by atoms with Crippen molar-refractivity contribution >= 4 is 19.2 Å². The molecule has 1 heterocycles. The van der Waals surface area contributed by atoms with Gasteiger partial charge in [0.25, 0.3) is 8.05 Å². The number of nitrogens with zero attached hydrogens (tertiary/aromatic N) is 1. The van der Waals surface area contributed by atoms with E-state index >= 15 is 0 Å². The monoisotopic (exact) mass is 453 g/mol. The van der Waals surface area contributed by atoms with E-state index in [2.05, 4.69) is 84.7 Å². The minimum Gasteiger partial charge on any atom is -0.436 e. The average molecular weight is 453 g/mol. The molecule has 2 atom stereocenters. The summed E-state index contributed by atoms with van der Waals surface area (Å²) in [6.45, 7) is 7.01. The first-order chi connectivity index (χ1) is 16.2. The number of morpholine rings is 1. The first-order valence-corrected chi connectivity index (χ1v) is 12.2. The predicted octanol–water partition coefficient (Wildman–Crippen LogP) is 6.27. The molecule has 2 radical (unpaired) electrons. The molecule has 0 N–H and O–H groups in total. The molecule has 0 aromatic heterocycles. The Morgan fingerprint density at radius 1 is 1.09 bits per heavy atom. The van der Waals surface area contributed by atoms with Gasteiger partial charge in [0, 0.05) is 25.6 Å². The zero-order valence-electron chi connectivity index (χ0n) is 19.5. The molecule has 0 spiro atoms. The van der Waals surface area contributed by atoms with Crippen LogP contribution in [0, 0.1) is 0 Å². The van der Waals surface area contributed by atoms with Crippen molar-refractivity contribution in [2.24, 2.45) is 0 Å². The van der Waals surface area contributed by atoms with E-state index in [4.69, 9.17) is 17.4 Å². The number of rotatable bonds is 7. The van der Waals surface area contributed by atoms with Crippen molar-refractivity contribution in [1.29, 1.82) is 0 Å². The standard InChI is InChI=1S/C29H32BNO2.CH4/c1-2-13-29(33-30)14-11-22(27-9-5-6-10-28(27)29)20-24-21-23(25-7-3-4-8-26(24)25)12-15-31-16-18-32-19-17-31;/h3-11,14,20-22H,2,12-13,15-19H2,1H3;1H4/b24-20+;. The lowest BCUT2D eigenvalue weighted by Crippen LogP contribution is -2.36.